The number of carboxylic acid groups (broad SMARTS) is 1. The van der Waals surface area contributed by atoms with E-state index in [2.05, 4.69) is 20.3 Å². The molecule has 1 saturated carbocycles. The Morgan fingerprint density at radius 2 is 2.14 bits per heavy atom. The van der Waals surface area contributed by atoms with E-state index in [9.17, 15) is 9.59 Å². The zero-order valence-electron chi connectivity index (χ0n) is 11.3. The second kappa shape index (κ2) is 4.96. The molecule has 2 heterocycles. The number of rotatable bonds is 4. The Morgan fingerprint density at radius 3 is 2.62 bits per heavy atom. The van der Waals surface area contributed by atoms with E-state index in [1.165, 1.54) is 17.5 Å². The van der Waals surface area contributed by atoms with Gasteiger partial charge in [0.2, 0.25) is 0 Å². The Bertz CT molecular complexity index is 702. The van der Waals surface area contributed by atoms with Gasteiger partial charge < -0.3 is 15.4 Å². The number of nitrogens with one attached hydrogen (secondary N) is 2. The molecular formula is C13H14N4O3S. The summed E-state index contributed by atoms with van der Waals surface area (Å²) in [4.78, 5) is 34.7. The Hall–Kier alpha value is -2.22. The zero-order valence-corrected chi connectivity index (χ0v) is 12.2. The lowest BCUT2D eigenvalue weighted by Gasteiger charge is -2.40. The molecule has 2 aromatic rings. The van der Waals surface area contributed by atoms with E-state index in [1.807, 2.05) is 6.92 Å². The highest BCUT2D eigenvalue weighted by molar-refractivity contribution is 7.13. The number of hydrogen-bond acceptors (Lipinski definition) is 5. The number of aryl methyl sites for hydroxylation is 1. The molecule has 1 aliphatic rings. The van der Waals surface area contributed by atoms with Crippen molar-refractivity contribution in [2.75, 3.05) is 0 Å². The molecule has 3 N–H and O–H groups in total. The van der Waals surface area contributed by atoms with Crippen LogP contribution in [0.3, 0.4) is 0 Å². The molecule has 0 spiro atoms. The molecule has 8 heteroatoms. The predicted octanol–water partition coefficient (Wildman–Crippen LogP) is 1.68. The highest BCUT2D eigenvalue weighted by Crippen LogP contribution is 2.40. The molecule has 0 aliphatic heterocycles. The third-order valence-electron chi connectivity index (χ3n) is 3.66. The van der Waals surface area contributed by atoms with E-state index in [0.717, 1.165) is 24.3 Å². The maximum Gasteiger partial charge on any atom is 0.353 e. The number of thiazole rings is 1. The average molecular weight is 306 g/mol. The summed E-state index contributed by atoms with van der Waals surface area (Å²) in [5.41, 5.74) is -0.568. The van der Waals surface area contributed by atoms with Crippen molar-refractivity contribution in [3.63, 3.8) is 0 Å². The van der Waals surface area contributed by atoms with Crippen LogP contribution in [0.4, 0.5) is 0 Å². The molecule has 21 heavy (non-hydrogen) atoms. The van der Waals surface area contributed by atoms with Gasteiger partial charge in [0.25, 0.3) is 5.91 Å². The quantitative estimate of drug-likeness (QED) is 0.796. The first-order valence-corrected chi connectivity index (χ1v) is 7.35. The van der Waals surface area contributed by atoms with Crippen molar-refractivity contribution in [1.29, 1.82) is 0 Å². The number of carboxylic acids is 1. The second-order valence-corrected chi connectivity index (χ2v) is 6.32. The topological polar surface area (TPSA) is 108 Å². The molecule has 0 saturated heterocycles. The lowest BCUT2D eigenvalue weighted by atomic mass is 9.76. The summed E-state index contributed by atoms with van der Waals surface area (Å²) < 4.78 is 0. The largest absolute Gasteiger partial charge is 0.477 e. The molecule has 0 aromatic carbocycles. The molecule has 0 unspecified atom stereocenters. The maximum absolute atomic E-state index is 12.3. The molecule has 1 fully saturated rings. The monoisotopic (exact) mass is 306 g/mol. The summed E-state index contributed by atoms with van der Waals surface area (Å²) in [6.45, 7) is 1.84. The molecule has 1 amide bonds. The van der Waals surface area contributed by atoms with E-state index in [4.69, 9.17) is 5.11 Å². The van der Waals surface area contributed by atoms with E-state index in [0.29, 0.717) is 10.7 Å². The van der Waals surface area contributed by atoms with Gasteiger partial charge in [0.15, 0.2) is 0 Å². The number of imidazole rings is 1. The molecule has 0 atom stereocenters. The molecule has 2 aromatic heterocycles. The van der Waals surface area contributed by atoms with Gasteiger partial charge in [-0.25, -0.2) is 14.8 Å². The van der Waals surface area contributed by atoms with Crippen molar-refractivity contribution in [2.45, 2.75) is 31.7 Å². The number of aromatic carboxylic acids is 1. The molecule has 7 nitrogen and oxygen atoms in total. The van der Waals surface area contributed by atoms with Crippen LogP contribution in [0.1, 0.15) is 50.3 Å². The van der Waals surface area contributed by atoms with Gasteiger partial charge in [-0.3, -0.25) is 4.79 Å². The number of aromatic amines is 1. The summed E-state index contributed by atoms with van der Waals surface area (Å²) >= 11 is 1.33. The first kappa shape index (κ1) is 13.7. The number of amides is 1. The van der Waals surface area contributed by atoms with Crippen LogP contribution in [0.15, 0.2) is 12.4 Å². The van der Waals surface area contributed by atoms with Gasteiger partial charge in [0.05, 0.1) is 22.9 Å². The number of nitrogens with zero attached hydrogens (tertiary/aromatic N) is 2. The number of H-pyrrole nitrogens is 1. The third kappa shape index (κ3) is 2.42. The molecule has 0 radical (unpaired) electrons. The van der Waals surface area contributed by atoms with Crippen molar-refractivity contribution in [2.24, 2.45) is 0 Å². The Labute approximate surface area is 124 Å². The van der Waals surface area contributed by atoms with E-state index < -0.39 is 11.5 Å². The minimum atomic E-state index is -1.06. The fraction of sp³-hybridized carbons (Fsp3) is 0.385. The SMILES string of the molecule is Cc1ncc(C(=O)NC2(c3ncc(C(=O)O)[nH]3)CCC2)s1. The standard InChI is InChI=1S/C13H14N4O3S/c1-7-14-6-9(21-7)10(18)17-13(3-2-4-13)12-15-5-8(16-12)11(19)20/h5-6H,2-4H2,1H3,(H,15,16)(H,17,18)(H,19,20). The summed E-state index contributed by atoms with van der Waals surface area (Å²) in [5.74, 6) is -0.762. The minimum absolute atomic E-state index is 0.0270. The van der Waals surface area contributed by atoms with E-state index in [1.54, 1.807) is 6.20 Å². The highest BCUT2D eigenvalue weighted by Gasteiger charge is 2.43. The zero-order chi connectivity index (χ0) is 15.0. The Kier molecular flexibility index (Phi) is 3.25. The normalized spacial score (nSPS) is 16.2. The lowest BCUT2D eigenvalue weighted by molar-refractivity contribution is 0.0690. The number of carbonyl (C=O) groups is 2. The van der Waals surface area contributed by atoms with Crippen LogP contribution in [0, 0.1) is 6.92 Å². The van der Waals surface area contributed by atoms with Gasteiger partial charge >= 0.3 is 5.97 Å². The number of carbonyl (C=O) groups excluding carboxylic acids is 1. The first-order valence-electron chi connectivity index (χ1n) is 6.54. The second-order valence-electron chi connectivity index (χ2n) is 5.08. The van der Waals surface area contributed by atoms with Gasteiger partial charge in [-0.1, -0.05) is 0 Å². The van der Waals surface area contributed by atoms with Crippen LogP contribution in [0.5, 0.6) is 0 Å². The van der Waals surface area contributed by atoms with Gasteiger partial charge in [0, 0.05) is 0 Å². The summed E-state index contributed by atoms with van der Waals surface area (Å²) in [7, 11) is 0. The maximum atomic E-state index is 12.3. The van der Waals surface area contributed by atoms with Crippen LogP contribution in [-0.2, 0) is 5.54 Å². The Morgan fingerprint density at radius 1 is 1.38 bits per heavy atom. The number of hydrogen-bond donors (Lipinski definition) is 3. The van der Waals surface area contributed by atoms with Crippen LogP contribution in [0.25, 0.3) is 0 Å². The lowest BCUT2D eigenvalue weighted by Crippen LogP contribution is -2.51. The third-order valence-corrected chi connectivity index (χ3v) is 4.58. The molecule has 3 rings (SSSR count). The summed E-state index contributed by atoms with van der Waals surface area (Å²) in [6.07, 6.45) is 5.27. The van der Waals surface area contributed by atoms with Crippen LogP contribution in [0.2, 0.25) is 0 Å². The van der Waals surface area contributed by atoms with Gasteiger partial charge in [-0.15, -0.1) is 11.3 Å². The smallest absolute Gasteiger partial charge is 0.353 e. The van der Waals surface area contributed by atoms with Gasteiger partial charge in [-0.2, -0.15) is 0 Å². The van der Waals surface area contributed by atoms with Crippen molar-refractivity contribution >= 4 is 23.2 Å². The molecule has 0 bridgehead atoms. The van der Waals surface area contributed by atoms with E-state index >= 15 is 0 Å². The fourth-order valence-electron chi connectivity index (χ4n) is 2.37. The van der Waals surface area contributed by atoms with Crippen LogP contribution >= 0.6 is 11.3 Å². The molecule has 110 valence electrons. The molecule has 1 aliphatic carbocycles. The van der Waals surface area contributed by atoms with Crippen molar-refractivity contribution in [1.82, 2.24) is 20.3 Å². The van der Waals surface area contributed by atoms with Crippen molar-refractivity contribution in [3.8, 4) is 0 Å². The first-order chi connectivity index (χ1) is 10.00. The van der Waals surface area contributed by atoms with Crippen LogP contribution < -0.4 is 5.32 Å². The van der Waals surface area contributed by atoms with Crippen molar-refractivity contribution in [3.05, 3.63) is 33.8 Å². The van der Waals surface area contributed by atoms with Crippen molar-refractivity contribution < 1.29 is 14.7 Å². The average Bonchev–Trinajstić information content (AvgIpc) is 3.02. The van der Waals surface area contributed by atoms with Gasteiger partial charge in [0.1, 0.15) is 16.4 Å². The molecular weight excluding hydrogens is 292 g/mol. The van der Waals surface area contributed by atoms with E-state index in [-0.39, 0.29) is 11.6 Å². The van der Waals surface area contributed by atoms with Gasteiger partial charge in [-0.05, 0) is 26.2 Å². The summed E-state index contributed by atoms with van der Waals surface area (Å²) in [6, 6.07) is 0. The Balaban J connectivity index is 1.83. The fourth-order valence-corrected chi connectivity index (χ4v) is 3.04. The predicted molar refractivity (Wildman–Crippen MR) is 75.4 cm³/mol. The number of aromatic nitrogens is 3. The highest BCUT2D eigenvalue weighted by atomic mass is 32.1. The van der Waals surface area contributed by atoms with Crippen LogP contribution in [-0.4, -0.2) is 31.9 Å². The minimum Gasteiger partial charge on any atom is -0.477 e. The summed E-state index contributed by atoms with van der Waals surface area (Å²) in [5, 5.41) is 12.8.